The fourth-order valence-electron chi connectivity index (χ4n) is 1.14. The van der Waals surface area contributed by atoms with Crippen LogP contribution in [0.1, 0.15) is 27.7 Å². The normalized spacial score (nSPS) is 12.4. The van der Waals surface area contributed by atoms with Crippen LogP contribution < -0.4 is 10.6 Å². The molecule has 0 fully saturated rings. The summed E-state index contributed by atoms with van der Waals surface area (Å²) in [6, 6.07) is -0.550. The van der Waals surface area contributed by atoms with E-state index < -0.39 is 12.1 Å². The maximum absolute atomic E-state index is 11.8. The van der Waals surface area contributed by atoms with E-state index in [-0.39, 0.29) is 11.8 Å². The Bertz CT molecular complexity index is 239. The number of carbonyl (C=O) groups excluding carboxylic acids is 2. The van der Waals surface area contributed by atoms with Crippen molar-refractivity contribution in [3.05, 3.63) is 0 Å². The van der Waals surface area contributed by atoms with Crippen LogP contribution in [0.15, 0.2) is 0 Å². The maximum Gasteiger partial charge on any atom is 0.407 e. The van der Waals surface area contributed by atoms with E-state index in [1.165, 1.54) is 7.11 Å². The molecule has 0 aliphatic rings. The van der Waals surface area contributed by atoms with Gasteiger partial charge in [0.2, 0.25) is 5.91 Å². The average Bonchev–Trinajstić information content (AvgIpc) is 2.21. The zero-order valence-electron chi connectivity index (χ0n) is 10.7. The third-order valence-electron chi connectivity index (χ3n) is 2.09. The van der Waals surface area contributed by atoms with Gasteiger partial charge in [-0.2, -0.15) is 0 Å². The molecule has 0 aromatic heterocycles. The Kier molecular flexibility index (Phi) is 6.53. The molecule has 5 nitrogen and oxygen atoms in total. The molecule has 0 aromatic rings. The Morgan fingerprint density at radius 1 is 1.19 bits per heavy atom. The van der Waals surface area contributed by atoms with Crippen LogP contribution in [0, 0.1) is 11.8 Å². The number of hydrogen-bond acceptors (Lipinski definition) is 3. The molecule has 0 rings (SSSR count). The maximum atomic E-state index is 11.8. The van der Waals surface area contributed by atoms with Crippen molar-refractivity contribution in [3.8, 4) is 0 Å². The molecule has 2 N–H and O–H groups in total. The number of carbonyl (C=O) groups is 2. The van der Waals surface area contributed by atoms with E-state index in [0.717, 1.165) is 0 Å². The van der Waals surface area contributed by atoms with E-state index in [4.69, 9.17) is 0 Å². The van der Waals surface area contributed by atoms with Gasteiger partial charge < -0.3 is 15.4 Å². The fourth-order valence-corrected chi connectivity index (χ4v) is 1.14. The molecule has 0 heterocycles. The van der Waals surface area contributed by atoms with Gasteiger partial charge in [0.15, 0.2) is 0 Å². The lowest BCUT2D eigenvalue weighted by atomic mass is 10.0. The zero-order valence-corrected chi connectivity index (χ0v) is 10.7. The van der Waals surface area contributed by atoms with Gasteiger partial charge in [0.05, 0.1) is 7.11 Å². The van der Waals surface area contributed by atoms with Gasteiger partial charge in [0.25, 0.3) is 0 Å². The molecule has 0 aromatic carbocycles. The van der Waals surface area contributed by atoms with Crippen LogP contribution in [0.25, 0.3) is 0 Å². The molecule has 0 bridgehead atoms. The first kappa shape index (κ1) is 14.7. The second-order valence-electron chi connectivity index (χ2n) is 4.50. The minimum Gasteiger partial charge on any atom is -0.453 e. The summed E-state index contributed by atoms with van der Waals surface area (Å²) >= 11 is 0. The highest BCUT2D eigenvalue weighted by molar-refractivity contribution is 5.85. The molecule has 1 unspecified atom stereocenters. The van der Waals surface area contributed by atoms with Gasteiger partial charge in [0.1, 0.15) is 6.04 Å². The van der Waals surface area contributed by atoms with E-state index in [0.29, 0.717) is 12.5 Å². The number of amides is 2. The smallest absolute Gasteiger partial charge is 0.407 e. The molecule has 0 radical (unpaired) electrons. The lowest BCUT2D eigenvalue weighted by Gasteiger charge is -2.21. The summed E-state index contributed by atoms with van der Waals surface area (Å²) in [7, 11) is 1.28. The summed E-state index contributed by atoms with van der Waals surface area (Å²) in [5.74, 6) is 0.232. The van der Waals surface area contributed by atoms with E-state index in [1.54, 1.807) is 0 Å². The Morgan fingerprint density at radius 2 is 1.75 bits per heavy atom. The monoisotopic (exact) mass is 230 g/mol. The van der Waals surface area contributed by atoms with Gasteiger partial charge in [-0.15, -0.1) is 0 Å². The summed E-state index contributed by atoms with van der Waals surface area (Å²) in [6.45, 7) is 8.37. The molecular weight excluding hydrogens is 208 g/mol. The Labute approximate surface area is 96.9 Å². The average molecular weight is 230 g/mol. The number of alkyl carbamates (subject to hydrolysis) is 1. The predicted molar refractivity (Wildman–Crippen MR) is 62.0 cm³/mol. The molecule has 16 heavy (non-hydrogen) atoms. The van der Waals surface area contributed by atoms with Crippen molar-refractivity contribution in [2.75, 3.05) is 13.7 Å². The van der Waals surface area contributed by atoms with Gasteiger partial charge in [-0.3, -0.25) is 4.79 Å². The van der Waals surface area contributed by atoms with Crippen LogP contribution in [-0.2, 0) is 9.53 Å². The van der Waals surface area contributed by atoms with Gasteiger partial charge in [-0.25, -0.2) is 4.79 Å². The van der Waals surface area contributed by atoms with Gasteiger partial charge >= 0.3 is 6.09 Å². The second-order valence-corrected chi connectivity index (χ2v) is 4.50. The van der Waals surface area contributed by atoms with Crippen LogP contribution in [-0.4, -0.2) is 31.7 Å². The summed E-state index contributed by atoms with van der Waals surface area (Å²) in [5.41, 5.74) is 0. The van der Waals surface area contributed by atoms with Crippen LogP contribution in [0.3, 0.4) is 0 Å². The molecule has 0 saturated heterocycles. The van der Waals surface area contributed by atoms with Gasteiger partial charge in [-0.05, 0) is 11.8 Å². The Morgan fingerprint density at radius 3 is 2.12 bits per heavy atom. The van der Waals surface area contributed by atoms with Crippen molar-refractivity contribution in [2.45, 2.75) is 33.7 Å². The van der Waals surface area contributed by atoms with E-state index in [9.17, 15) is 9.59 Å². The molecule has 94 valence electrons. The summed E-state index contributed by atoms with van der Waals surface area (Å²) in [4.78, 5) is 22.8. The lowest BCUT2D eigenvalue weighted by Crippen LogP contribution is -2.50. The van der Waals surface area contributed by atoms with Crippen LogP contribution in [0.4, 0.5) is 4.79 Å². The molecule has 1 atom stereocenters. The molecule has 5 heteroatoms. The van der Waals surface area contributed by atoms with Crippen LogP contribution in [0.2, 0.25) is 0 Å². The first-order valence-corrected chi connectivity index (χ1v) is 5.50. The highest BCUT2D eigenvalue weighted by Gasteiger charge is 2.24. The van der Waals surface area contributed by atoms with Crippen molar-refractivity contribution >= 4 is 12.0 Å². The first-order chi connectivity index (χ1) is 7.38. The van der Waals surface area contributed by atoms with E-state index in [1.807, 2.05) is 27.7 Å². The fraction of sp³-hybridized carbons (Fsp3) is 0.818. The SMILES string of the molecule is COC(=O)NC(C(=O)NCC(C)C)C(C)C. The van der Waals surface area contributed by atoms with Crippen LogP contribution in [0.5, 0.6) is 0 Å². The Hall–Kier alpha value is -1.26. The third kappa shape index (κ3) is 5.58. The lowest BCUT2D eigenvalue weighted by molar-refractivity contribution is -0.124. The standard InChI is InChI=1S/C11H22N2O3/c1-7(2)6-12-10(14)9(8(3)4)13-11(15)16-5/h7-9H,6H2,1-5H3,(H,12,14)(H,13,15). The number of rotatable bonds is 5. The number of hydrogen-bond donors (Lipinski definition) is 2. The topological polar surface area (TPSA) is 67.4 Å². The van der Waals surface area contributed by atoms with E-state index >= 15 is 0 Å². The minimum atomic E-state index is -0.585. The summed E-state index contributed by atoms with van der Waals surface area (Å²) in [5, 5.41) is 5.30. The van der Waals surface area contributed by atoms with Gasteiger partial charge in [-0.1, -0.05) is 27.7 Å². The first-order valence-electron chi connectivity index (χ1n) is 5.50. The molecule has 0 aliphatic heterocycles. The largest absolute Gasteiger partial charge is 0.453 e. The van der Waals surface area contributed by atoms with Crippen molar-refractivity contribution in [3.63, 3.8) is 0 Å². The molecular formula is C11H22N2O3. The molecule has 0 saturated carbocycles. The quantitative estimate of drug-likeness (QED) is 0.744. The summed E-state index contributed by atoms with van der Waals surface area (Å²) < 4.78 is 4.48. The highest BCUT2D eigenvalue weighted by atomic mass is 16.5. The predicted octanol–water partition coefficient (Wildman–Crippen LogP) is 1.14. The minimum absolute atomic E-state index is 0.0197. The second kappa shape index (κ2) is 7.09. The van der Waals surface area contributed by atoms with Crippen LogP contribution >= 0.6 is 0 Å². The van der Waals surface area contributed by atoms with Crippen molar-refractivity contribution < 1.29 is 14.3 Å². The summed E-state index contributed by atoms with van der Waals surface area (Å²) in [6.07, 6.45) is -0.585. The van der Waals surface area contributed by atoms with Gasteiger partial charge in [0, 0.05) is 6.54 Å². The molecule has 2 amide bonds. The van der Waals surface area contributed by atoms with Crippen molar-refractivity contribution in [1.29, 1.82) is 0 Å². The zero-order chi connectivity index (χ0) is 12.7. The number of ether oxygens (including phenoxy) is 1. The number of methoxy groups -OCH3 is 1. The van der Waals surface area contributed by atoms with Crippen molar-refractivity contribution in [1.82, 2.24) is 10.6 Å². The molecule has 0 aliphatic carbocycles. The van der Waals surface area contributed by atoms with Crippen molar-refractivity contribution in [2.24, 2.45) is 11.8 Å². The highest BCUT2D eigenvalue weighted by Crippen LogP contribution is 2.02. The Balaban J connectivity index is 4.30. The number of nitrogens with one attached hydrogen (secondary N) is 2. The molecule has 0 spiro atoms. The third-order valence-corrected chi connectivity index (χ3v) is 2.09. The van der Waals surface area contributed by atoms with E-state index in [2.05, 4.69) is 15.4 Å².